The van der Waals surface area contributed by atoms with Crippen LogP contribution in [0.3, 0.4) is 0 Å². The summed E-state index contributed by atoms with van der Waals surface area (Å²) in [7, 11) is 0. The molecule has 5 heteroatoms. The zero-order valence-electron chi connectivity index (χ0n) is 8.73. The van der Waals surface area contributed by atoms with Crippen molar-refractivity contribution >= 4 is 11.8 Å². The van der Waals surface area contributed by atoms with E-state index in [0.29, 0.717) is 19.4 Å². The Labute approximate surface area is 88.0 Å². The lowest BCUT2D eigenvalue weighted by atomic mass is 9.94. The van der Waals surface area contributed by atoms with E-state index in [9.17, 15) is 14.7 Å². The fraction of sp³-hybridized carbons (Fsp3) is 0.800. The van der Waals surface area contributed by atoms with Gasteiger partial charge >= 0.3 is 5.97 Å². The highest BCUT2D eigenvalue weighted by molar-refractivity contribution is 5.95. The molecule has 2 aliphatic rings. The van der Waals surface area contributed by atoms with Crippen molar-refractivity contribution in [1.82, 2.24) is 4.90 Å². The Morgan fingerprint density at radius 3 is 3.13 bits per heavy atom. The molecule has 0 radical (unpaired) electrons. The van der Waals surface area contributed by atoms with Crippen molar-refractivity contribution in [1.29, 1.82) is 0 Å². The summed E-state index contributed by atoms with van der Waals surface area (Å²) >= 11 is 0. The van der Waals surface area contributed by atoms with Crippen molar-refractivity contribution in [2.75, 3.05) is 13.2 Å². The number of carbonyl (C=O) groups is 2. The van der Waals surface area contributed by atoms with Gasteiger partial charge in [-0.1, -0.05) is 0 Å². The molecular weight excluding hydrogens is 198 g/mol. The maximum atomic E-state index is 11.8. The molecule has 0 amide bonds. The second-order valence-electron chi connectivity index (χ2n) is 4.11. The van der Waals surface area contributed by atoms with Crippen LogP contribution in [0.25, 0.3) is 0 Å². The molecule has 2 unspecified atom stereocenters. The van der Waals surface area contributed by atoms with Gasteiger partial charge in [0.25, 0.3) is 0 Å². The third kappa shape index (κ3) is 1.46. The van der Waals surface area contributed by atoms with Crippen molar-refractivity contribution in [2.24, 2.45) is 0 Å². The highest BCUT2D eigenvalue weighted by Gasteiger charge is 2.57. The normalized spacial score (nSPS) is 35.6. The zero-order chi connectivity index (χ0) is 11.1. The molecule has 2 saturated heterocycles. The first-order valence-corrected chi connectivity index (χ1v) is 5.24. The lowest BCUT2D eigenvalue weighted by molar-refractivity contribution is -0.157. The largest absolute Gasteiger partial charge is 0.465 e. The molecule has 84 valence electrons. The van der Waals surface area contributed by atoms with E-state index >= 15 is 0 Å². The van der Waals surface area contributed by atoms with Gasteiger partial charge in [0.2, 0.25) is 0 Å². The molecule has 0 spiro atoms. The quantitative estimate of drug-likeness (QED) is 0.636. The van der Waals surface area contributed by atoms with Gasteiger partial charge in [0.15, 0.2) is 0 Å². The molecule has 2 atom stereocenters. The number of hydrogen-bond donors (Lipinski definition) is 1. The molecule has 2 fully saturated rings. The molecule has 0 aromatic heterocycles. The smallest absolute Gasteiger partial charge is 0.327 e. The van der Waals surface area contributed by atoms with Crippen LogP contribution in [0, 0.1) is 0 Å². The maximum absolute atomic E-state index is 11.8. The van der Waals surface area contributed by atoms with E-state index < -0.39 is 11.8 Å². The standard InChI is InChI=1S/C10H15NO4/c1-2-15-9(14)10-4-3-8(13)11(10)6-7(12)5-10/h8,13H,2-6H2,1H3. The first kappa shape index (κ1) is 10.6. The number of fused-ring (bicyclic) bond motifs is 1. The minimum atomic E-state index is -0.869. The van der Waals surface area contributed by atoms with Gasteiger partial charge < -0.3 is 9.84 Å². The predicted octanol–water partition coefficient (Wildman–Crippen LogP) is -0.325. The topological polar surface area (TPSA) is 66.8 Å². The molecule has 0 saturated carbocycles. The number of carbonyl (C=O) groups excluding carboxylic acids is 2. The van der Waals surface area contributed by atoms with E-state index in [0.717, 1.165) is 0 Å². The van der Waals surface area contributed by atoms with Gasteiger partial charge in [0, 0.05) is 6.42 Å². The van der Waals surface area contributed by atoms with Crippen LogP contribution in [0.4, 0.5) is 0 Å². The number of nitrogens with zero attached hydrogens (tertiary/aromatic N) is 1. The van der Waals surface area contributed by atoms with Crippen molar-refractivity contribution in [3.05, 3.63) is 0 Å². The fourth-order valence-corrected chi connectivity index (χ4v) is 2.53. The zero-order valence-corrected chi connectivity index (χ0v) is 8.73. The van der Waals surface area contributed by atoms with E-state index in [4.69, 9.17) is 4.74 Å². The molecule has 2 rings (SSSR count). The van der Waals surface area contributed by atoms with Crippen LogP contribution >= 0.6 is 0 Å². The van der Waals surface area contributed by atoms with Crippen molar-refractivity contribution in [3.8, 4) is 0 Å². The van der Waals surface area contributed by atoms with Crippen molar-refractivity contribution in [2.45, 2.75) is 38.0 Å². The predicted molar refractivity (Wildman–Crippen MR) is 50.9 cm³/mol. The Bertz CT molecular complexity index is 304. The van der Waals surface area contributed by atoms with Crippen LogP contribution < -0.4 is 0 Å². The lowest BCUT2D eigenvalue weighted by Gasteiger charge is -2.29. The number of aliphatic hydroxyl groups is 1. The van der Waals surface area contributed by atoms with Crippen LogP contribution in [-0.4, -0.2) is 46.7 Å². The highest BCUT2D eigenvalue weighted by atomic mass is 16.5. The van der Waals surface area contributed by atoms with Crippen LogP contribution in [0.15, 0.2) is 0 Å². The summed E-state index contributed by atoms with van der Waals surface area (Å²) in [6.07, 6.45) is 0.550. The second-order valence-corrected chi connectivity index (χ2v) is 4.11. The molecule has 2 aliphatic heterocycles. The summed E-state index contributed by atoms with van der Waals surface area (Å²) in [5.41, 5.74) is -0.869. The molecule has 15 heavy (non-hydrogen) atoms. The SMILES string of the molecule is CCOC(=O)C12CCC(O)N1CC(=O)C2. The Balaban J connectivity index is 2.24. The monoisotopic (exact) mass is 213 g/mol. The molecule has 0 aromatic rings. The van der Waals surface area contributed by atoms with Gasteiger partial charge in [-0.25, -0.2) is 0 Å². The van der Waals surface area contributed by atoms with Crippen LogP contribution in [0.2, 0.25) is 0 Å². The highest BCUT2D eigenvalue weighted by Crippen LogP contribution is 2.41. The molecule has 1 N–H and O–H groups in total. The van der Waals surface area contributed by atoms with E-state index in [1.165, 1.54) is 0 Å². The molecular formula is C10H15NO4. The van der Waals surface area contributed by atoms with Gasteiger partial charge in [-0.3, -0.25) is 14.5 Å². The van der Waals surface area contributed by atoms with E-state index in [2.05, 4.69) is 0 Å². The molecule has 0 bridgehead atoms. The Kier molecular flexibility index (Phi) is 2.52. The first-order valence-electron chi connectivity index (χ1n) is 5.24. The second kappa shape index (κ2) is 3.57. The molecule has 5 nitrogen and oxygen atoms in total. The van der Waals surface area contributed by atoms with Crippen molar-refractivity contribution in [3.63, 3.8) is 0 Å². The Hall–Kier alpha value is -0.940. The van der Waals surface area contributed by atoms with E-state index in [-0.39, 0.29) is 24.7 Å². The van der Waals surface area contributed by atoms with E-state index in [1.807, 2.05) is 0 Å². The number of ketones is 1. The Morgan fingerprint density at radius 2 is 2.47 bits per heavy atom. The average molecular weight is 213 g/mol. The van der Waals surface area contributed by atoms with Gasteiger partial charge in [-0.15, -0.1) is 0 Å². The van der Waals surface area contributed by atoms with Gasteiger partial charge in [-0.05, 0) is 19.8 Å². The molecule has 0 aromatic carbocycles. The average Bonchev–Trinajstić information content (AvgIpc) is 2.66. The Morgan fingerprint density at radius 1 is 1.73 bits per heavy atom. The van der Waals surface area contributed by atoms with Gasteiger partial charge in [-0.2, -0.15) is 0 Å². The molecule has 0 aliphatic carbocycles. The lowest BCUT2D eigenvalue weighted by Crippen LogP contribution is -2.49. The van der Waals surface area contributed by atoms with Crippen LogP contribution in [0.5, 0.6) is 0 Å². The van der Waals surface area contributed by atoms with Crippen LogP contribution in [0.1, 0.15) is 26.2 Å². The number of Topliss-reactive ketones (excluding diaryl/α,β-unsaturated/α-hetero) is 1. The summed E-state index contributed by atoms with van der Waals surface area (Å²) in [5, 5.41) is 9.67. The van der Waals surface area contributed by atoms with E-state index in [1.54, 1.807) is 11.8 Å². The number of aliphatic hydroxyl groups excluding tert-OH is 1. The first-order chi connectivity index (χ1) is 7.10. The van der Waals surface area contributed by atoms with Gasteiger partial charge in [0.1, 0.15) is 17.6 Å². The number of esters is 1. The third-order valence-electron chi connectivity index (χ3n) is 3.22. The number of ether oxygens (including phenoxy) is 1. The third-order valence-corrected chi connectivity index (χ3v) is 3.22. The van der Waals surface area contributed by atoms with Crippen LogP contribution in [-0.2, 0) is 14.3 Å². The number of rotatable bonds is 2. The summed E-state index contributed by atoms with van der Waals surface area (Å²) in [6, 6.07) is 0. The summed E-state index contributed by atoms with van der Waals surface area (Å²) < 4.78 is 4.98. The fourth-order valence-electron chi connectivity index (χ4n) is 2.53. The minimum Gasteiger partial charge on any atom is -0.465 e. The van der Waals surface area contributed by atoms with Crippen molar-refractivity contribution < 1.29 is 19.4 Å². The summed E-state index contributed by atoms with van der Waals surface area (Å²) in [6.45, 7) is 2.21. The summed E-state index contributed by atoms with van der Waals surface area (Å²) in [4.78, 5) is 24.7. The maximum Gasteiger partial charge on any atom is 0.327 e. The van der Waals surface area contributed by atoms with Gasteiger partial charge in [0.05, 0.1) is 13.2 Å². The molecule has 2 heterocycles. The minimum absolute atomic E-state index is 0.00167. The summed E-state index contributed by atoms with van der Waals surface area (Å²) in [5.74, 6) is -0.366. The number of hydrogen-bond acceptors (Lipinski definition) is 5.